The average Bonchev–Trinajstić information content (AvgIpc) is 2.73. The van der Waals surface area contributed by atoms with E-state index >= 15 is 0 Å². The summed E-state index contributed by atoms with van der Waals surface area (Å²) in [5.41, 5.74) is 6.25. The van der Waals surface area contributed by atoms with Crippen molar-refractivity contribution in [2.24, 2.45) is 0 Å². The number of amides is 1. The summed E-state index contributed by atoms with van der Waals surface area (Å²) in [6.07, 6.45) is 1.41. The molecular formula is C12H13Cl2N5O. The molecule has 0 unspecified atom stereocenters. The second kappa shape index (κ2) is 6.11. The molecule has 1 heterocycles. The molecule has 8 heteroatoms. The largest absolute Gasteiger partial charge is 0.367 e. The van der Waals surface area contributed by atoms with Crippen LogP contribution in [-0.2, 0) is 17.9 Å². The van der Waals surface area contributed by atoms with Crippen molar-refractivity contribution >= 4 is 35.1 Å². The van der Waals surface area contributed by atoms with Crippen LogP contribution in [0.5, 0.6) is 0 Å². The van der Waals surface area contributed by atoms with E-state index < -0.39 is 0 Å². The van der Waals surface area contributed by atoms with Gasteiger partial charge in [-0.25, -0.2) is 9.67 Å². The highest BCUT2D eigenvalue weighted by Crippen LogP contribution is 2.19. The van der Waals surface area contributed by atoms with E-state index in [2.05, 4.69) is 10.1 Å². The van der Waals surface area contributed by atoms with E-state index in [1.165, 1.54) is 11.0 Å². The van der Waals surface area contributed by atoms with Gasteiger partial charge in [-0.15, -0.1) is 5.10 Å². The van der Waals surface area contributed by atoms with Gasteiger partial charge in [-0.3, -0.25) is 4.79 Å². The second-order valence-electron chi connectivity index (χ2n) is 4.33. The first-order valence-corrected chi connectivity index (χ1v) is 6.53. The van der Waals surface area contributed by atoms with Gasteiger partial charge in [0.25, 0.3) is 0 Å². The Hall–Kier alpha value is -1.79. The van der Waals surface area contributed by atoms with Crippen LogP contribution in [0.1, 0.15) is 5.56 Å². The lowest BCUT2D eigenvalue weighted by molar-refractivity contribution is -0.131. The molecule has 0 aliphatic carbocycles. The zero-order chi connectivity index (χ0) is 14.7. The lowest BCUT2D eigenvalue weighted by Crippen LogP contribution is -2.30. The van der Waals surface area contributed by atoms with Crippen LogP contribution >= 0.6 is 23.2 Å². The van der Waals surface area contributed by atoms with E-state index in [9.17, 15) is 4.79 Å². The van der Waals surface area contributed by atoms with E-state index in [1.807, 2.05) is 0 Å². The zero-order valence-electron chi connectivity index (χ0n) is 10.8. The van der Waals surface area contributed by atoms with Crippen LogP contribution in [0.3, 0.4) is 0 Å². The minimum absolute atomic E-state index is 0.0784. The van der Waals surface area contributed by atoms with Gasteiger partial charge < -0.3 is 10.6 Å². The molecule has 1 aromatic carbocycles. The van der Waals surface area contributed by atoms with Gasteiger partial charge in [0, 0.05) is 23.6 Å². The molecule has 0 aliphatic heterocycles. The summed E-state index contributed by atoms with van der Waals surface area (Å²) in [7, 11) is 1.69. The Morgan fingerprint density at radius 3 is 2.55 bits per heavy atom. The Balaban J connectivity index is 2.00. The molecule has 1 aromatic heterocycles. The van der Waals surface area contributed by atoms with Crippen LogP contribution in [0.4, 0.5) is 5.95 Å². The van der Waals surface area contributed by atoms with Crippen molar-refractivity contribution in [3.63, 3.8) is 0 Å². The number of nitrogens with two attached hydrogens (primary N) is 1. The number of nitrogens with zero attached hydrogens (tertiary/aromatic N) is 4. The van der Waals surface area contributed by atoms with Gasteiger partial charge in [0.05, 0.1) is 0 Å². The fourth-order valence-corrected chi connectivity index (χ4v) is 2.28. The number of rotatable bonds is 4. The minimum atomic E-state index is -0.119. The summed E-state index contributed by atoms with van der Waals surface area (Å²) < 4.78 is 1.39. The molecule has 0 radical (unpaired) electrons. The van der Waals surface area contributed by atoms with Crippen LogP contribution in [0.15, 0.2) is 24.5 Å². The van der Waals surface area contributed by atoms with Gasteiger partial charge in [0.1, 0.15) is 12.9 Å². The number of aromatic nitrogens is 3. The number of carbonyl (C=O) groups excluding carboxylic acids is 1. The molecule has 0 aliphatic rings. The Labute approximate surface area is 126 Å². The highest BCUT2D eigenvalue weighted by atomic mass is 35.5. The predicted octanol–water partition coefficient (Wildman–Crippen LogP) is 1.83. The molecule has 20 heavy (non-hydrogen) atoms. The van der Waals surface area contributed by atoms with Crippen molar-refractivity contribution in [1.82, 2.24) is 19.7 Å². The molecule has 0 saturated heterocycles. The summed E-state index contributed by atoms with van der Waals surface area (Å²) >= 11 is 11.8. The van der Waals surface area contributed by atoms with E-state index in [4.69, 9.17) is 28.9 Å². The van der Waals surface area contributed by atoms with E-state index in [-0.39, 0.29) is 18.4 Å². The molecule has 6 nitrogen and oxygen atoms in total. The van der Waals surface area contributed by atoms with Gasteiger partial charge >= 0.3 is 0 Å². The number of halogens is 2. The standard InChI is InChI=1S/C12H13Cl2N5O/c1-18(5-8-2-9(13)4-10(14)3-8)11(20)6-19-7-16-12(15)17-19/h2-4,7H,5-6H2,1H3,(H2,15,17). The normalized spacial score (nSPS) is 10.6. The summed E-state index contributed by atoms with van der Waals surface area (Å²) in [5.74, 6) is 0.0214. The average molecular weight is 314 g/mol. The van der Waals surface area contributed by atoms with Crippen LogP contribution in [0.25, 0.3) is 0 Å². The van der Waals surface area contributed by atoms with Crippen LogP contribution in [0, 0.1) is 0 Å². The maximum absolute atomic E-state index is 12.0. The highest BCUT2D eigenvalue weighted by molar-refractivity contribution is 6.34. The number of anilines is 1. The summed E-state index contributed by atoms with van der Waals surface area (Å²) in [4.78, 5) is 17.3. The second-order valence-corrected chi connectivity index (χ2v) is 5.20. The topological polar surface area (TPSA) is 77.0 Å². The van der Waals surface area contributed by atoms with Gasteiger partial charge in [0.15, 0.2) is 0 Å². The predicted molar refractivity (Wildman–Crippen MR) is 77.4 cm³/mol. The van der Waals surface area contributed by atoms with Crippen molar-refractivity contribution in [2.75, 3.05) is 12.8 Å². The third kappa shape index (κ3) is 3.85. The molecule has 0 saturated carbocycles. The van der Waals surface area contributed by atoms with Crippen molar-refractivity contribution in [1.29, 1.82) is 0 Å². The molecule has 0 spiro atoms. The van der Waals surface area contributed by atoms with E-state index in [0.717, 1.165) is 5.56 Å². The monoisotopic (exact) mass is 313 g/mol. The van der Waals surface area contributed by atoms with Crippen molar-refractivity contribution in [2.45, 2.75) is 13.1 Å². The Kier molecular flexibility index (Phi) is 4.46. The molecule has 0 bridgehead atoms. The van der Waals surface area contributed by atoms with Crippen LogP contribution in [-0.4, -0.2) is 32.6 Å². The molecule has 0 fully saturated rings. The van der Waals surface area contributed by atoms with Crippen LogP contribution in [0.2, 0.25) is 10.0 Å². The first-order chi connectivity index (χ1) is 9.44. The third-order valence-corrected chi connectivity index (χ3v) is 3.06. The van der Waals surface area contributed by atoms with Gasteiger partial charge in [0.2, 0.25) is 11.9 Å². The Morgan fingerprint density at radius 2 is 2.00 bits per heavy atom. The number of nitrogen functional groups attached to an aromatic ring is 1. The molecule has 2 aromatic rings. The number of carbonyl (C=O) groups is 1. The third-order valence-electron chi connectivity index (χ3n) is 2.62. The van der Waals surface area contributed by atoms with E-state index in [0.29, 0.717) is 16.6 Å². The quantitative estimate of drug-likeness (QED) is 0.934. The van der Waals surface area contributed by atoms with Crippen LogP contribution < -0.4 is 5.73 Å². The van der Waals surface area contributed by atoms with Gasteiger partial charge in [-0.1, -0.05) is 23.2 Å². The van der Waals surface area contributed by atoms with Gasteiger partial charge in [-0.2, -0.15) is 0 Å². The number of hydrogen-bond donors (Lipinski definition) is 1. The molecular weight excluding hydrogens is 301 g/mol. The summed E-state index contributed by atoms with van der Waals surface area (Å²) in [6.45, 7) is 0.484. The Morgan fingerprint density at radius 1 is 1.35 bits per heavy atom. The summed E-state index contributed by atoms with van der Waals surface area (Å²) in [5, 5.41) is 4.94. The smallest absolute Gasteiger partial charge is 0.244 e. The lowest BCUT2D eigenvalue weighted by atomic mass is 10.2. The number of likely N-dealkylation sites (N-methyl/N-ethyl adjacent to an activating group) is 1. The van der Waals surface area contributed by atoms with Crippen molar-refractivity contribution in [3.05, 3.63) is 40.1 Å². The molecule has 2 N–H and O–H groups in total. The SMILES string of the molecule is CN(Cc1cc(Cl)cc(Cl)c1)C(=O)Cn1cnc(N)n1. The van der Waals surface area contributed by atoms with Crippen molar-refractivity contribution in [3.8, 4) is 0 Å². The fourth-order valence-electron chi connectivity index (χ4n) is 1.71. The van der Waals surface area contributed by atoms with E-state index in [1.54, 1.807) is 30.1 Å². The molecule has 106 valence electrons. The lowest BCUT2D eigenvalue weighted by Gasteiger charge is -2.17. The van der Waals surface area contributed by atoms with Crippen molar-refractivity contribution < 1.29 is 4.79 Å². The highest BCUT2D eigenvalue weighted by Gasteiger charge is 2.11. The molecule has 0 atom stereocenters. The maximum atomic E-state index is 12.0. The summed E-state index contributed by atoms with van der Waals surface area (Å²) in [6, 6.07) is 5.18. The first kappa shape index (κ1) is 14.6. The fraction of sp³-hybridized carbons (Fsp3) is 0.250. The molecule has 1 amide bonds. The zero-order valence-corrected chi connectivity index (χ0v) is 12.3. The number of benzene rings is 1. The minimum Gasteiger partial charge on any atom is -0.367 e. The maximum Gasteiger partial charge on any atom is 0.244 e. The number of hydrogen-bond acceptors (Lipinski definition) is 4. The first-order valence-electron chi connectivity index (χ1n) is 5.78. The van der Waals surface area contributed by atoms with Gasteiger partial charge in [-0.05, 0) is 23.8 Å². The Bertz CT molecular complexity index is 608. The molecule has 2 rings (SSSR count).